The average Bonchev–Trinajstić information content (AvgIpc) is 3.55. The fourth-order valence-electron chi connectivity index (χ4n) is 6.75. The molecule has 0 saturated carbocycles. The minimum atomic E-state index is -0.232. The van der Waals surface area contributed by atoms with Gasteiger partial charge in [0.1, 0.15) is 0 Å². The summed E-state index contributed by atoms with van der Waals surface area (Å²) in [5, 5.41) is 13.2. The summed E-state index contributed by atoms with van der Waals surface area (Å²) >= 11 is 0. The lowest BCUT2D eigenvalue weighted by molar-refractivity contribution is 0.262. The summed E-state index contributed by atoms with van der Waals surface area (Å²) in [6, 6.07) is 56.3. The number of fused-ring (bicyclic) bond motifs is 8. The van der Waals surface area contributed by atoms with E-state index in [-0.39, 0.29) is 6.23 Å². The molecule has 8 aromatic carbocycles. The number of rotatable bonds is 4. The summed E-state index contributed by atoms with van der Waals surface area (Å²) in [7, 11) is 0. The van der Waals surface area contributed by atoms with E-state index in [0.717, 1.165) is 44.8 Å². The zero-order valence-electron chi connectivity index (χ0n) is 23.9. The van der Waals surface area contributed by atoms with Crippen molar-refractivity contribution in [3.8, 4) is 5.75 Å². The van der Waals surface area contributed by atoms with E-state index >= 15 is 0 Å². The van der Waals surface area contributed by atoms with Crippen LogP contribution in [0.25, 0.3) is 43.1 Å². The zero-order chi connectivity index (χ0) is 29.0. The Labute approximate surface area is 255 Å². The Kier molecular flexibility index (Phi) is 5.57. The summed E-state index contributed by atoms with van der Waals surface area (Å²) in [5.41, 5.74) is 5.52. The first-order valence-corrected chi connectivity index (χ1v) is 15.1. The van der Waals surface area contributed by atoms with Gasteiger partial charge >= 0.3 is 0 Å². The molecule has 0 radical (unpaired) electrons. The van der Waals surface area contributed by atoms with Crippen molar-refractivity contribution >= 4 is 65.8 Å². The van der Waals surface area contributed by atoms with Crippen molar-refractivity contribution in [2.24, 2.45) is 0 Å². The van der Waals surface area contributed by atoms with Crippen LogP contribution in [0, 0.1) is 0 Å². The van der Waals surface area contributed by atoms with Crippen molar-refractivity contribution in [2.45, 2.75) is 6.23 Å². The van der Waals surface area contributed by atoms with Crippen LogP contribution in [0.3, 0.4) is 0 Å². The lowest BCUT2D eigenvalue weighted by atomic mass is 9.98. The predicted octanol–water partition coefficient (Wildman–Crippen LogP) is 11.3. The normalized spacial score (nSPS) is 14.0. The third kappa shape index (κ3) is 3.90. The highest BCUT2D eigenvalue weighted by Gasteiger charge is 2.28. The molecular weight excluding hydrogens is 536 g/mol. The van der Waals surface area contributed by atoms with Crippen LogP contribution in [-0.4, -0.2) is 0 Å². The smallest absolute Gasteiger partial charge is 0.196 e. The lowest BCUT2D eigenvalue weighted by Crippen LogP contribution is -2.10. The molecule has 1 unspecified atom stereocenters. The van der Waals surface area contributed by atoms with Crippen molar-refractivity contribution in [1.29, 1.82) is 0 Å². The van der Waals surface area contributed by atoms with E-state index in [1.165, 1.54) is 32.3 Å². The van der Waals surface area contributed by atoms with Gasteiger partial charge in [0.05, 0.1) is 11.4 Å². The van der Waals surface area contributed by atoms with Gasteiger partial charge in [-0.1, -0.05) is 127 Å². The molecule has 9 rings (SSSR count). The quantitative estimate of drug-likeness (QED) is 0.215. The molecular formula is C41H28N2O. The van der Waals surface area contributed by atoms with Crippen LogP contribution in [0.5, 0.6) is 5.75 Å². The summed E-state index contributed by atoms with van der Waals surface area (Å²) in [4.78, 5) is 2.40. The Morgan fingerprint density at radius 2 is 1.11 bits per heavy atom. The molecule has 208 valence electrons. The van der Waals surface area contributed by atoms with Crippen molar-refractivity contribution < 1.29 is 4.74 Å². The Bertz CT molecular complexity index is 2360. The van der Waals surface area contributed by atoms with Crippen molar-refractivity contribution in [1.82, 2.24) is 0 Å². The monoisotopic (exact) mass is 564 g/mol. The molecule has 1 heterocycles. The maximum absolute atomic E-state index is 6.60. The number of hydrogen-bond donors (Lipinski definition) is 1. The van der Waals surface area contributed by atoms with E-state index in [1.54, 1.807) is 0 Å². The van der Waals surface area contributed by atoms with Gasteiger partial charge in [0.25, 0.3) is 0 Å². The predicted molar refractivity (Wildman–Crippen MR) is 185 cm³/mol. The van der Waals surface area contributed by atoms with Crippen LogP contribution in [0.1, 0.15) is 11.8 Å². The van der Waals surface area contributed by atoms with Gasteiger partial charge in [-0.05, 0) is 57.3 Å². The summed E-state index contributed by atoms with van der Waals surface area (Å²) in [5.74, 6) is 0.912. The molecule has 0 aliphatic carbocycles. The van der Waals surface area contributed by atoms with Crippen LogP contribution in [-0.2, 0) is 0 Å². The van der Waals surface area contributed by atoms with Gasteiger partial charge in [-0.25, -0.2) is 0 Å². The number of benzene rings is 8. The first kappa shape index (κ1) is 24.8. The van der Waals surface area contributed by atoms with Gasteiger partial charge in [0, 0.05) is 33.1 Å². The highest BCUT2D eigenvalue weighted by atomic mass is 16.5. The van der Waals surface area contributed by atoms with Crippen LogP contribution in [0.2, 0.25) is 0 Å². The Hall–Kier alpha value is -5.80. The molecule has 1 N–H and O–H groups in total. The molecule has 0 aromatic heterocycles. The Morgan fingerprint density at radius 1 is 0.455 bits per heavy atom. The number of ether oxygens (including phenoxy) is 1. The zero-order valence-corrected chi connectivity index (χ0v) is 23.9. The second-order valence-corrected chi connectivity index (χ2v) is 11.4. The van der Waals surface area contributed by atoms with Gasteiger partial charge in [0.2, 0.25) is 0 Å². The van der Waals surface area contributed by atoms with Crippen LogP contribution < -0.4 is 15.0 Å². The molecule has 0 fully saturated rings. The second-order valence-electron chi connectivity index (χ2n) is 11.4. The van der Waals surface area contributed by atoms with E-state index in [4.69, 9.17) is 4.74 Å². The number of nitrogens with zero attached hydrogens (tertiary/aromatic N) is 1. The third-order valence-corrected chi connectivity index (χ3v) is 8.83. The van der Waals surface area contributed by atoms with Crippen molar-refractivity contribution in [2.75, 3.05) is 10.2 Å². The molecule has 8 aromatic rings. The molecule has 3 nitrogen and oxygen atoms in total. The van der Waals surface area contributed by atoms with Crippen LogP contribution >= 0.6 is 0 Å². The van der Waals surface area contributed by atoms with Crippen LogP contribution in [0.4, 0.5) is 22.7 Å². The van der Waals surface area contributed by atoms with E-state index in [2.05, 4.69) is 162 Å². The first-order valence-electron chi connectivity index (χ1n) is 15.1. The van der Waals surface area contributed by atoms with Gasteiger partial charge in [-0.2, -0.15) is 0 Å². The van der Waals surface area contributed by atoms with E-state index in [0.29, 0.717) is 0 Å². The van der Waals surface area contributed by atoms with Gasteiger partial charge < -0.3 is 15.0 Å². The van der Waals surface area contributed by atoms with Crippen molar-refractivity contribution in [3.05, 3.63) is 163 Å². The minimum absolute atomic E-state index is 0.232. The molecule has 1 atom stereocenters. The number of anilines is 4. The molecule has 0 spiro atoms. The molecule has 3 heteroatoms. The molecule has 0 saturated heterocycles. The van der Waals surface area contributed by atoms with E-state index in [9.17, 15) is 0 Å². The summed E-state index contributed by atoms with van der Waals surface area (Å²) < 4.78 is 6.60. The molecule has 0 bridgehead atoms. The SMILES string of the molecule is c1ccc(C2Nc3c(c4ccccc4c4cc(N(c5ccc6ccccc6c5)c5cccc6ccccc56)ccc34)O2)cc1. The highest BCUT2D eigenvalue weighted by Crippen LogP contribution is 2.50. The minimum Gasteiger partial charge on any atom is -0.464 e. The number of hydrogen-bond acceptors (Lipinski definition) is 3. The Balaban J connectivity index is 1.28. The van der Waals surface area contributed by atoms with E-state index in [1.807, 2.05) is 6.07 Å². The molecule has 0 amide bonds. The van der Waals surface area contributed by atoms with Gasteiger partial charge in [-0.15, -0.1) is 0 Å². The molecule has 1 aliphatic heterocycles. The largest absolute Gasteiger partial charge is 0.464 e. The maximum atomic E-state index is 6.60. The van der Waals surface area contributed by atoms with E-state index < -0.39 is 0 Å². The second kappa shape index (κ2) is 9.89. The number of nitrogens with one attached hydrogen (secondary N) is 1. The van der Waals surface area contributed by atoms with Gasteiger partial charge in [0.15, 0.2) is 12.0 Å². The fourth-order valence-corrected chi connectivity index (χ4v) is 6.75. The topological polar surface area (TPSA) is 24.5 Å². The summed E-state index contributed by atoms with van der Waals surface area (Å²) in [6.45, 7) is 0. The highest BCUT2D eigenvalue weighted by molar-refractivity contribution is 6.18. The average molecular weight is 565 g/mol. The fraction of sp³-hybridized carbons (Fsp3) is 0.0244. The third-order valence-electron chi connectivity index (χ3n) is 8.83. The van der Waals surface area contributed by atoms with Crippen LogP contribution in [0.15, 0.2) is 158 Å². The maximum Gasteiger partial charge on any atom is 0.196 e. The lowest BCUT2D eigenvalue weighted by Gasteiger charge is -2.28. The van der Waals surface area contributed by atoms with Crippen molar-refractivity contribution in [3.63, 3.8) is 0 Å². The first-order chi connectivity index (χ1) is 21.8. The molecule has 1 aliphatic rings. The molecule has 44 heavy (non-hydrogen) atoms. The standard InChI is InChI=1S/C41H28N2O/c1-2-13-29(14-3-1)41-42-39-35-24-23-32(26-37(35)34-18-8-9-19-36(34)40(39)44-41)43(31-22-21-27-11-4-5-15-30(27)25-31)38-20-10-16-28-12-6-7-17-33(28)38/h1-26,41-42H. The Morgan fingerprint density at radius 3 is 1.98 bits per heavy atom. The van der Waals surface area contributed by atoms with Gasteiger partial charge in [-0.3, -0.25) is 0 Å². The summed E-state index contributed by atoms with van der Waals surface area (Å²) in [6.07, 6.45) is -0.232.